The second-order valence-corrected chi connectivity index (χ2v) is 7.03. The van der Waals surface area contributed by atoms with E-state index in [9.17, 15) is 4.79 Å². The van der Waals surface area contributed by atoms with Crippen LogP contribution in [-0.4, -0.2) is 32.5 Å². The maximum absolute atomic E-state index is 12.7. The van der Waals surface area contributed by atoms with Crippen molar-refractivity contribution in [1.29, 1.82) is 0 Å². The number of hydrogen-bond acceptors (Lipinski definition) is 6. The van der Waals surface area contributed by atoms with Crippen molar-refractivity contribution in [2.24, 2.45) is 0 Å². The molecule has 0 fully saturated rings. The summed E-state index contributed by atoms with van der Waals surface area (Å²) in [4.78, 5) is 12.7. The summed E-state index contributed by atoms with van der Waals surface area (Å²) in [5, 5.41) is 16.6. The molecule has 0 unspecified atom stereocenters. The van der Waals surface area contributed by atoms with Gasteiger partial charge in [0.25, 0.3) is 5.91 Å². The van der Waals surface area contributed by atoms with Crippen molar-refractivity contribution < 1.29 is 9.53 Å². The molecule has 136 valence electrons. The van der Waals surface area contributed by atoms with Crippen LogP contribution >= 0.6 is 11.3 Å². The van der Waals surface area contributed by atoms with Crippen molar-refractivity contribution >= 4 is 22.4 Å². The number of amides is 1. The first-order valence-corrected chi connectivity index (χ1v) is 9.32. The van der Waals surface area contributed by atoms with Gasteiger partial charge in [0, 0.05) is 5.92 Å². The second-order valence-electron chi connectivity index (χ2n) is 6.02. The Bertz CT molecular complexity index is 873. The highest BCUT2D eigenvalue weighted by atomic mass is 32.1. The monoisotopic (exact) mass is 371 g/mol. The molecular weight excluding hydrogens is 350 g/mol. The van der Waals surface area contributed by atoms with E-state index in [0.717, 1.165) is 17.1 Å². The fraction of sp³-hybridized carbons (Fsp3) is 0.333. The Hall–Kier alpha value is -2.74. The number of carbonyl (C=O) groups is 1. The molecule has 0 bridgehead atoms. The number of ether oxygens (including phenoxy) is 1. The average molecular weight is 371 g/mol. The number of anilines is 1. The number of nitrogens with zero attached hydrogens (tertiary/aromatic N) is 4. The van der Waals surface area contributed by atoms with E-state index in [1.165, 1.54) is 11.3 Å². The standard InChI is InChI=1S/C18H21N5O2S/c1-4-10-25-14-11-23(13-8-6-5-7-9-13)22-15(14)16(24)19-18-21-20-17(26-18)12(2)3/h5-9,11-12H,4,10H2,1-3H3,(H,19,21,24). The number of carbonyl (C=O) groups excluding carboxylic acids is 1. The zero-order chi connectivity index (χ0) is 18.5. The maximum atomic E-state index is 12.7. The molecule has 26 heavy (non-hydrogen) atoms. The zero-order valence-electron chi connectivity index (χ0n) is 15.0. The van der Waals surface area contributed by atoms with Crippen molar-refractivity contribution in [1.82, 2.24) is 20.0 Å². The molecule has 1 N–H and O–H groups in total. The summed E-state index contributed by atoms with van der Waals surface area (Å²) in [6.07, 6.45) is 2.56. The first-order valence-electron chi connectivity index (χ1n) is 8.51. The number of hydrogen-bond donors (Lipinski definition) is 1. The molecule has 0 atom stereocenters. The molecule has 8 heteroatoms. The lowest BCUT2D eigenvalue weighted by Crippen LogP contribution is -2.14. The van der Waals surface area contributed by atoms with Crippen LogP contribution in [0.25, 0.3) is 5.69 Å². The number of rotatable bonds is 7. The molecule has 2 heterocycles. The number of para-hydroxylation sites is 1. The van der Waals surface area contributed by atoms with E-state index >= 15 is 0 Å². The molecule has 1 aromatic carbocycles. The minimum Gasteiger partial charge on any atom is -0.489 e. The normalized spacial score (nSPS) is 10.9. The average Bonchev–Trinajstić information content (AvgIpc) is 3.28. The van der Waals surface area contributed by atoms with Crippen LogP contribution in [0.4, 0.5) is 5.13 Å². The minimum absolute atomic E-state index is 0.226. The van der Waals surface area contributed by atoms with E-state index in [1.807, 2.05) is 51.1 Å². The lowest BCUT2D eigenvalue weighted by atomic mass is 10.2. The van der Waals surface area contributed by atoms with Crippen LogP contribution < -0.4 is 10.1 Å². The Morgan fingerprint density at radius 2 is 2.04 bits per heavy atom. The molecule has 0 spiro atoms. The Labute approximate surface area is 156 Å². The summed E-state index contributed by atoms with van der Waals surface area (Å²) < 4.78 is 7.35. The van der Waals surface area contributed by atoms with Crippen LogP contribution in [0.3, 0.4) is 0 Å². The first kappa shape index (κ1) is 18.1. The third-order valence-electron chi connectivity index (χ3n) is 3.53. The quantitative estimate of drug-likeness (QED) is 0.681. The summed E-state index contributed by atoms with van der Waals surface area (Å²) >= 11 is 1.36. The highest BCUT2D eigenvalue weighted by molar-refractivity contribution is 7.15. The third-order valence-corrected chi connectivity index (χ3v) is 4.67. The van der Waals surface area contributed by atoms with Gasteiger partial charge in [-0.25, -0.2) is 4.68 Å². The Balaban J connectivity index is 1.86. The molecule has 7 nitrogen and oxygen atoms in total. The van der Waals surface area contributed by atoms with Crippen molar-refractivity contribution in [3.05, 3.63) is 47.2 Å². The minimum atomic E-state index is -0.364. The second kappa shape index (κ2) is 8.09. The van der Waals surface area contributed by atoms with Gasteiger partial charge in [-0.15, -0.1) is 10.2 Å². The van der Waals surface area contributed by atoms with E-state index < -0.39 is 0 Å². The lowest BCUT2D eigenvalue weighted by Gasteiger charge is -2.03. The smallest absolute Gasteiger partial charge is 0.281 e. The summed E-state index contributed by atoms with van der Waals surface area (Å²) in [6, 6.07) is 9.59. The predicted molar refractivity (Wildman–Crippen MR) is 101 cm³/mol. The first-order chi connectivity index (χ1) is 12.6. The van der Waals surface area contributed by atoms with Crippen LogP contribution in [-0.2, 0) is 0 Å². The molecule has 3 aromatic rings. The Kier molecular flexibility index (Phi) is 5.62. The van der Waals surface area contributed by atoms with E-state index in [2.05, 4.69) is 20.6 Å². The summed E-state index contributed by atoms with van der Waals surface area (Å²) in [5.74, 6) is 0.345. The van der Waals surface area contributed by atoms with Gasteiger partial charge < -0.3 is 4.74 Å². The molecule has 1 amide bonds. The SMILES string of the molecule is CCCOc1cn(-c2ccccc2)nc1C(=O)Nc1nnc(C(C)C)s1. The van der Waals surface area contributed by atoms with Crippen LogP contribution in [0.1, 0.15) is 48.6 Å². The maximum Gasteiger partial charge on any atom is 0.281 e. The molecular formula is C18H21N5O2S. The van der Waals surface area contributed by atoms with Gasteiger partial charge in [0.2, 0.25) is 5.13 Å². The summed E-state index contributed by atoms with van der Waals surface area (Å²) in [7, 11) is 0. The molecule has 0 saturated heterocycles. The van der Waals surface area contributed by atoms with Gasteiger partial charge in [0.15, 0.2) is 11.4 Å². The van der Waals surface area contributed by atoms with Gasteiger partial charge in [-0.3, -0.25) is 10.1 Å². The molecule has 0 aliphatic heterocycles. The van der Waals surface area contributed by atoms with Crippen LogP contribution in [0.5, 0.6) is 5.75 Å². The molecule has 0 aliphatic carbocycles. The van der Waals surface area contributed by atoms with E-state index in [0.29, 0.717) is 17.5 Å². The van der Waals surface area contributed by atoms with Gasteiger partial charge >= 0.3 is 0 Å². The number of aromatic nitrogens is 4. The highest BCUT2D eigenvalue weighted by Crippen LogP contribution is 2.25. The molecule has 0 saturated carbocycles. The largest absolute Gasteiger partial charge is 0.489 e. The zero-order valence-corrected chi connectivity index (χ0v) is 15.8. The summed E-state index contributed by atoms with van der Waals surface area (Å²) in [5.41, 5.74) is 1.08. The van der Waals surface area contributed by atoms with Gasteiger partial charge in [-0.05, 0) is 18.6 Å². The highest BCUT2D eigenvalue weighted by Gasteiger charge is 2.21. The van der Waals surface area contributed by atoms with E-state index in [-0.39, 0.29) is 17.5 Å². The molecule has 0 aliphatic rings. The molecule has 2 aromatic heterocycles. The molecule has 0 radical (unpaired) electrons. The van der Waals surface area contributed by atoms with Crippen LogP contribution in [0.15, 0.2) is 36.5 Å². The lowest BCUT2D eigenvalue weighted by molar-refractivity contribution is 0.101. The fourth-order valence-corrected chi connectivity index (χ4v) is 2.96. The van der Waals surface area contributed by atoms with Crippen LogP contribution in [0, 0.1) is 0 Å². The van der Waals surface area contributed by atoms with Crippen molar-refractivity contribution in [3.8, 4) is 11.4 Å². The van der Waals surface area contributed by atoms with E-state index in [4.69, 9.17) is 4.74 Å². The van der Waals surface area contributed by atoms with Gasteiger partial charge in [-0.2, -0.15) is 5.10 Å². The fourth-order valence-electron chi connectivity index (χ4n) is 2.22. The van der Waals surface area contributed by atoms with Gasteiger partial charge in [-0.1, -0.05) is 50.3 Å². The van der Waals surface area contributed by atoms with Gasteiger partial charge in [0.1, 0.15) is 5.01 Å². The van der Waals surface area contributed by atoms with Crippen LogP contribution in [0.2, 0.25) is 0 Å². The van der Waals surface area contributed by atoms with Crippen molar-refractivity contribution in [2.45, 2.75) is 33.1 Å². The van der Waals surface area contributed by atoms with Crippen molar-refractivity contribution in [2.75, 3.05) is 11.9 Å². The molecule has 3 rings (SSSR count). The number of benzene rings is 1. The van der Waals surface area contributed by atoms with E-state index in [1.54, 1.807) is 10.9 Å². The van der Waals surface area contributed by atoms with Gasteiger partial charge in [0.05, 0.1) is 18.5 Å². The summed E-state index contributed by atoms with van der Waals surface area (Å²) in [6.45, 7) is 6.59. The number of nitrogens with one attached hydrogen (secondary N) is 1. The Morgan fingerprint density at radius 1 is 1.27 bits per heavy atom. The Morgan fingerprint density at radius 3 is 2.69 bits per heavy atom. The predicted octanol–water partition coefficient (Wildman–Crippen LogP) is 3.89. The van der Waals surface area contributed by atoms with Crippen molar-refractivity contribution in [3.63, 3.8) is 0 Å². The third kappa shape index (κ3) is 4.08. The topological polar surface area (TPSA) is 81.9 Å².